The number of carbonyl (C=O) groups is 1. The minimum Gasteiger partial charge on any atom is -0.370 e. The van der Waals surface area contributed by atoms with Crippen molar-refractivity contribution in [1.29, 1.82) is 0 Å². The molecule has 0 bridgehead atoms. The Bertz CT molecular complexity index is 535. The number of anilines is 1. The van der Waals surface area contributed by atoms with Crippen molar-refractivity contribution in [1.82, 2.24) is 19.6 Å². The molecule has 0 aromatic carbocycles. The van der Waals surface area contributed by atoms with E-state index in [1.807, 2.05) is 11.3 Å². The first-order valence-corrected chi connectivity index (χ1v) is 5.37. The predicted molar refractivity (Wildman–Crippen MR) is 62.4 cm³/mol. The second-order valence-electron chi connectivity index (χ2n) is 3.71. The molecule has 2 heterocycles. The highest BCUT2D eigenvalue weighted by Gasteiger charge is 2.06. The Morgan fingerprint density at radius 1 is 1.53 bits per heavy atom. The summed E-state index contributed by atoms with van der Waals surface area (Å²) in [6.07, 6.45) is 4.52. The molecule has 7 nitrogen and oxygen atoms in total. The predicted octanol–water partition coefficient (Wildman–Crippen LogP) is 0.110. The summed E-state index contributed by atoms with van der Waals surface area (Å²) < 4.78 is 1.85. The Morgan fingerprint density at radius 3 is 3.12 bits per heavy atom. The topological polar surface area (TPSA) is 98.2 Å². The number of aryl methyl sites for hydroxylation is 1. The number of nitrogens with one attached hydrogen (secondary N) is 1. The first kappa shape index (κ1) is 11.3. The van der Waals surface area contributed by atoms with Gasteiger partial charge < -0.3 is 11.1 Å². The van der Waals surface area contributed by atoms with Crippen molar-refractivity contribution in [3.63, 3.8) is 0 Å². The summed E-state index contributed by atoms with van der Waals surface area (Å²) in [7, 11) is 0. The normalized spacial score (nSPS) is 10.6. The minimum absolute atomic E-state index is 0.295. The number of hydrogen-bond donors (Lipinski definition) is 2. The van der Waals surface area contributed by atoms with Crippen molar-refractivity contribution >= 4 is 17.4 Å². The highest BCUT2D eigenvalue weighted by molar-refractivity contribution is 5.73. The van der Waals surface area contributed by atoms with Gasteiger partial charge in [0.1, 0.15) is 5.82 Å². The smallest absolute Gasteiger partial charge is 0.217 e. The molecule has 0 aliphatic heterocycles. The molecular formula is C10H14N6O. The molecule has 0 aliphatic rings. The molecule has 0 aliphatic carbocycles. The standard InChI is InChI=1S/C10H14N6O/c1-7-14-15-10-9(13-5-6-16(7)10)12-4-2-3-8(11)17/h5-6H,2-4H2,1H3,(H2,11,17)(H,12,13). The van der Waals surface area contributed by atoms with Gasteiger partial charge in [-0.3, -0.25) is 9.20 Å². The van der Waals surface area contributed by atoms with Gasteiger partial charge in [0.25, 0.3) is 0 Å². The maximum atomic E-state index is 10.6. The first-order chi connectivity index (χ1) is 8.18. The van der Waals surface area contributed by atoms with E-state index in [1.54, 1.807) is 12.4 Å². The summed E-state index contributed by atoms with van der Waals surface area (Å²) in [4.78, 5) is 14.8. The number of fused-ring (bicyclic) bond motifs is 1. The Morgan fingerprint density at radius 2 is 2.35 bits per heavy atom. The molecule has 0 radical (unpaired) electrons. The molecule has 7 heteroatoms. The third-order valence-corrected chi connectivity index (χ3v) is 2.39. The van der Waals surface area contributed by atoms with Crippen LogP contribution in [0.25, 0.3) is 5.65 Å². The summed E-state index contributed by atoms with van der Waals surface area (Å²) in [5.74, 6) is 1.18. The fourth-order valence-electron chi connectivity index (χ4n) is 1.54. The zero-order valence-corrected chi connectivity index (χ0v) is 9.55. The molecule has 0 unspecified atom stereocenters. The number of carbonyl (C=O) groups excluding carboxylic acids is 1. The molecule has 1 amide bonds. The number of hydrogen-bond acceptors (Lipinski definition) is 5. The molecule has 0 atom stereocenters. The Hall–Kier alpha value is -2.18. The summed E-state index contributed by atoms with van der Waals surface area (Å²) in [6, 6.07) is 0. The Balaban J connectivity index is 2.06. The van der Waals surface area contributed by atoms with E-state index in [0.29, 0.717) is 30.9 Å². The van der Waals surface area contributed by atoms with Crippen LogP contribution in [0.4, 0.5) is 5.82 Å². The number of aromatic nitrogens is 4. The van der Waals surface area contributed by atoms with Gasteiger partial charge in [-0.15, -0.1) is 10.2 Å². The van der Waals surface area contributed by atoms with Crippen LogP contribution in [0, 0.1) is 6.92 Å². The zero-order chi connectivity index (χ0) is 12.3. The number of rotatable bonds is 5. The van der Waals surface area contributed by atoms with Crippen LogP contribution in [-0.2, 0) is 4.79 Å². The summed E-state index contributed by atoms with van der Waals surface area (Å²) in [5.41, 5.74) is 5.74. The third kappa shape index (κ3) is 2.49. The molecule has 90 valence electrons. The quantitative estimate of drug-likeness (QED) is 0.715. The molecule has 0 fully saturated rings. The molecule has 3 N–H and O–H groups in total. The SMILES string of the molecule is Cc1nnc2c(NCCCC(N)=O)nccn12. The molecule has 2 aromatic rings. The maximum absolute atomic E-state index is 10.6. The van der Waals surface area contributed by atoms with Crippen molar-refractivity contribution in [2.45, 2.75) is 19.8 Å². The lowest BCUT2D eigenvalue weighted by Crippen LogP contribution is -2.13. The largest absolute Gasteiger partial charge is 0.370 e. The van der Waals surface area contributed by atoms with E-state index in [-0.39, 0.29) is 5.91 Å². The zero-order valence-electron chi connectivity index (χ0n) is 9.55. The van der Waals surface area contributed by atoms with Crippen molar-refractivity contribution in [3.8, 4) is 0 Å². The molecule has 17 heavy (non-hydrogen) atoms. The number of nitrogens with two attached hydrogens (primary N) is 1. The molecule has 0 saturated carbocycles. The van der Waals surface area contributed by atoms with E-state index in [1.165, 1.54) is 0 Å². The summed E-state index contributed by atoms with van der Waals surface area (Å²) in [5, 5.41) is 11.1. The molecular weight excluding hydrogens is 220 g/mol. The van der Waals surface area contributed by atoms with Crippen molar-refractivity contribution in [2.24, 2.45) is 5.73 Å². The van der Waals surface area contributed by atoms with Crippen LogP contribution in [0.2, 0.25) is 0 Å². The molecule has 0 saturated heterocycles. The van der Waals surface area contributed by atoms with Crippen LogP contribution in [0.15, 0.2) is 12.4 Å². The van der Waals surface area contributed by atoms with Gasteiger partial charge in [0.15, 0.2) is 5.82 Å². The third-order valence-electron chi connectivity index (χ3n) is 2.39. The van der Waals surface area contributed by atoms with E-state index in [0.717, 1.165) is 5.82 Å². The van der Waals surface area contributed by atoms with E-state index in [9.17, 15) is 4.79 Å². The van der Waals surface area contributed by atoms with Gasteiger partial charge in [0.2, 0.25) is 11.6 Å². The highest BCUT2D eigenvalue weighted by Crippen LogP contribution is 2.11. The van der Waals surface area contributed by atoms with Crippen molar-refractivity contribution in [2.75, 3.05) is 11.9 Å². The van der Waals surface area contributed by atoms with Crippen LogP contribution in [0.1, 0.15) is 18.7 Å². The summed E-state index contributed by atoms with van der Waals surface area (Å²) >= 11 is 0. The van der Waals surface area contributed by atoms with Crippen LogP contribution >= 0.6 is 0 Å². The van der Waals surface area contributed by atoms with Crippen LogP contribution in [-0.4, -0.2) is 32.0 Å². The van der Waals surface area contributed by atoms with E-state index < -0.39 is 0 Å². The lowest BCUT2D eigenvalue weighted by atomic mass is 10.3. The molecule has 0 spiro atoms. The number of nitrogens with zero attached hydrogens (tertiary/aromatic N) is 4. The van der Waals surface area contributed by atoms with E-state index >= 15 is 0 Å². The number of primary amides is 1. The number of amides is 1. The van der Waals surface area contributed by atoms with Crippen molar-refractivity contribution in [3.05, 3.63) is 18.2 Å². The fourth-order valence-corrected chi connectivity index (χ4v) is 1.54. The molecule has 2 rings (SSSR count). The Labute approximate surface area is 98.1 Å². The second kappa shape index (κ2) is 4.77. The van der Waals surface area contributed by atoms with E-state index in [2.05, 4.69) is 20.5 Å². The van der Waals surface area contributed by atoms with Crippen LogP contribution in [0.3, 0.4) is 0 Å². The minimum atomic E-state index is -0.295. The molecule has 2 aromatic heterocycles. The van der Waals surface area contributed by atoms with Gasteiger partial charge >= 0.3 is 0 Å². The lowest BCUT2D eigenvalue weighted by molar-refractivity contribution is -0.118. The van der Waals surface area contributed by atoms with Gasteiger partial charge in [-0.25, -0.2) is 4.98 Å². The van der Waals surface area contributed by atoms with Gasteiger partial charge in [0, 0.05) is 25.4 Å². The maximum Gasteiger partial charge on any atom is 0.217 e. The lowest BCUT2D eigenvalue weighted by Gasteiger charge is -2.05. The first-order valence-electron chi connectivity index (χ1n) is 5.37. The average molecular weight is 234 g/mol. The van der Waals surface area contributed by atoms with Gasteiger partial charge in [-0.2, -0.15) is 0 Å². The van der Waals surface area contributed by atoms with Gasteiger partial charge in [-0.05, 0) is 13.3 Å². The highest BCUT2D eigenvalue weighted by atomic mass is 16.1. The van der Waals surface area contributed by atoms with Gasteiger partial charge in [0.05, 0.1) is 0 Å². The van der Waals surface area contributed by atoms with Gasteiger partial charge in [-0.1, -0.05) is 0 Å². The van der Waals surface area contributed by atoms with E-state index in [4.69, 9.17) is 5.73 Å². The Kier molecular flexibility index (Phi) is 3.17. The monoisotopic (exact) mass is 234 g/mol. The summed E-state index contributed by atoms with van der Waals surface area (Å²) in [6.45, 7) is 2.50. The van der Waals surface area contributed by atoms with Crippen LogP contribution < -0.4 is 11.1 Å². The average Bonchev–Trinajstić information content (AvgIpc) is 2.67. The van der Waals surface area contributed by atoms with Crippen molar-refractivity contribution < 1.29 is 4.79 Å². The fraction of sp³-hybridized carbons (Fsp3) is 0.400. The second-order valence-corrected chi connectivity index (χ2v) is 3.71. The van der Waals surface area contributed by atoms with Crippen LogP contribution in [0.5, 0.6) is 0 Å².